The zero-order valence-electron chi connectivity index (χ0n) is 20.0. The first-order chi connectivity index (χ1) is 14.0. The molecular formula is C26H50O3. The molecule has 0 aromatic rings. The number of ether oxygens (including phenoxy) is 3. The summed E-state index contributed by atoms with van der Waals surface area (Å²) in [4.78, 5) is 0. The van der Waals surface area contributed by atoms with Crippen LogP contribution in [-0.2, 0) is 14.2 Å². The van der Waals surface area contributed by atoms with Crippen LogP contribution in [0.5, 0.6) is 0 Å². The predicted octanol–water partition coefficient (Wildman–Crippen LogP) is 7.60. The molecule has 2 rings (SSSR count). The standard InChI is InChI=1S/C26H50O3/c1-21(15-11-7-5-9-13-17-25-19-23(3)28-25)27-22(2)16-12-8-6-10-14-18-26-20-24(4)29-26/h21-26H,5-20H2,1-4H3. The minimum Gasteiger partial charge on any atom is -0.376 e. The molecule has 0 radical (unpaired) electrons. The van der Waals surface area contributed by atoms with Gasteiger partial charge < -0.3 is 14.2 Å². The molecule has 3 heteroatoms. The van der Waals surface area contributed by atoms with Gasteiger partial charge in [0.2, 0.25) is 0 Å². The van der Waals surface area contributed by atoms with Gasteiger partial charge in [-0.3, -0.25) is 0 Å². The van der Waals surface area contributed by atoms with E-state index in [4.69, 9.17) is 14.2 Å². The maximum absolute atomic E-state index is 6.20. The predicted molar refractivity (Wildman–Crippen MR) is 123 cm³/mol. The molecule has 2 saturated heterocycles. The van der Waals surface area contributed by atoms with Gasteiger partial charge in [-0.25, -0.2) is 0 Å². The Morgan fingerprint density at radius 3 is 1.34 bits per heavy atom. The normalized spacial score (nSPS) is 28.6. The van der Waals surface area contributed by atoms with Gasteiger partial charge in [-0.1, -0.05) is 64.2 Å². The van der Waals surface area contributed by atoms with E-state index in [0.29, 0.717) is 36.6 Å². The molecule has 0 saturated carbocycles. The van der Waals surface area contributed by atoms with Crippen molar-refractivity contribution in [3.63, 3.8) is 0 Å². The molecule has 0 aromatic carbocycles. The van der Waals surface area contributed by atoms with Crippen LogP contribution in [0, 0.1) is 0 Å². The van der Waals surface area contributed by atoms with Crippen molar-refractivity contribution >= 4 is 0 Å². The highest BCUT2D eigenvalue weighted by Crippen LogP contribution is 2.26. The van der Waals surface area contributed by atoms with E-state index >= 15 is 0 Å². The third kappa shape index (κ3) is 11.7. The van der Waals surface area contributed by atoms with E-state index in [0.717, 1.165) is 0 Å². The fourth-order valence-electron chi connectivity index (χ4n) is 4.95. The van der Waals surface area contributed by atoms with E-state index < -0.39 is 0 Å². The quantitative estimate of drug-likeness (QED) is 0.218. The molecule has 0 bridgehead atoms. The summed E-state index contributed by atoms with van der Waals surface area (Å²) in [7, 11) is 0. The van der Waals surface area contributed by atoms with Gasteiger partial charge in [0.15, 0.2) is 0 Å². The van der Waals surface area contributed by atoms with E-state index in [-0.39, 0.29) is 0 Å². The second kappa shape index (κ2) is 14.8. The average Bonchev–Trinajstić information content (AvgIpc) is 2.63. The fourth-order valence-corrected chi connectivity index (χ4v) is 4.95. The number of unbranched alkanes of at least 4 members (excludes halogenated alkanes) is 8. The SMILES string of the molecule is CC(CCCCCCCC1CC(C)O1)OC(C)CCCCCCCC1CC(C)O1. The first-order valence-electron chi connectivity index (χ1n) is 13.0. The van der Waals surface area contributed by atoms with E-state index in [1.807, 2.05) is 0 Å². The molecule has 172 valence electrons. The summed E-state index contributed by atoms with van der Waals surface area (Å²) in [5.41, 5.74) is 0. The Balaban J connectivity index is 1.28. The van der Waals surface area contributed by atoms with Gasteiger partial charge in [0.05, 0.1) is 36.6 Å². The lowest BCUT2D eigenvalue weighted by atomic mass is 9.99. The van der Waals surface area contributed by atoms with Crippen molar-refractivity contribution in [2.75, 3.05) is 0 Å². The van der Waals surface area contributed by atoms with Crippen LogP contribution in [0.15, 0.2) is 0 Å². The molecule has 29 heavy (non-hydrogen) atoms. The molecule has 2 aliphatic rings. The van der Waals surface area contributed by atoms with E-state index in [1.54, 1.807) is 0 Å². The van der Waals surface area contributed by atoms with Crippen LogP contribution in [0.2, 0.25) is 0 Å². The summed E-state index contributed by atoms with van der Waals surface area (Å²) in [6.07, 6.45) is 24.1. The zero-order chi connectivity index (χ0) is 20.9. The van der Waals surface area contributed by atoms with Crippen molar-refractivity contribution in [3.8, 4) is 0 Å². The van der Waals surface area contributed by atoms with Crippen molar-refractivity contribution in [1.82, 2.24) is 0 Å². The molecule has 2 heterocycles. The summed E-state index contributed by atoms with van der Waals surface area (Å²) in [5.74, 6) is 0. The molecule has 0 spiro atoms. The Labute approximate surface area is 181 Å². The summed E-state index contributed by atoms with van der Waals surface area (Å²) in [6, 6.07) is 0. The third-order valence-corrected chi connectivity index (χ3v) is 6.78. The summed E-state index contributed by atoms with van der Waals surface area (Å²) >= 11 is 0. The summed E-state index contributed by atoms with van der Waals surface area (Å²) in [5, 5.41) is 0. The van der Waals surface area contributed by atoms with Gasteiger partial charge in [0.25, 0.3) is 0 Å². The molecule has 6 atom stereocenters. The molecule has 0 N–H and O–H groups in total. The lowest BCUT2D eigenvalue weighted by molar-refractivity contribution is -0.117. The molecule has 6 unspecified atom stereocenters. The first kappa shape index (κ1) is 25.1. The second-order valence-corrected chi connectivity index (χ2v) is 10.1. The molecule has 0 aliphatic carbocycles. The molecule has 3 nitrogen and oxygen atoms in total. The average molecular weight is 411 g/mol. The van der Waals surface area contributed by atoms with Crippen LogP contribution in [0.1, 0.15) is 130 Å². The molecule has 2 aliphatic heterocycles. The van der Waals surface area contributed by atoms with E-state index in [9.17, 15) is 0 Å². The van der Waals surface area contributed by atoms with E-state index in [2.05, 4.69) is 27.7 Å². The monoisotopic (exact) mass is 410 g/mol. The Morgan fingerprint density at radius 1 is 0.621 bits per heavy atom. The van der Waals surface area contributed by atoms with Gasteiger partial charge in [-0.2, -0.15) is 0 Å². The lowest BCUT2D eigenvalue weighted by Crippen LogP contribution is -2.34. The summed E-state index contributed by atoms with van der Waals surface area (Å²) < 4.78 is 17.6. The maximum Gasteiger partial charge on any atom is 0.0603 e. The minimum atomic E-state index is 0.416. The number of rotatable bonds is 18. The first-order valence-corrected chi connectivity index (χ1v) is 13.0. The minimum absolute atomic E-state index is 0.416. The van der Waals surface area contributed by atoms with Crippen molar-refractivity contribution in [2.24, 2.45) is 0 Å². The van der Waals surface area contributed by atoms with Crippen molar-refractivity contribution in [3.05, 3.63) is 0 Å². The highest BCUT2D eigenvalue weighted by molar-refractivity contribution is 4.74. The third-order valence-electron chi connectivity index (χ3n) is 6.78. The Hall–Kier alpha value is -0.120. The van der Waals surface area contributed by atoms with Crippen LogP contribution in [-0.4, -0.2) is 36.6 Å². The molecule has 0 aromatic heterocycles. The molecule has 2 fully saturated rings. The highest BCUT2D eigenvalue weighted by Gasteiger charge is 2.25. The van der Waals surface area contributed by atoms with Crippen molar-refractivity contribution in [1.29, 1.82) is 0 Å². The van der Waals surface area contributed by atoms with Crippen LogP contribution in [0.25, 0.3) is 0 Å². The van der Waals surface area contributed by atoms with Gasteiger partial charge in [-0.05, 0) is 66.2 Å². The van der Waals surface area contributed by atoms with Crippen molar-refractivity contribution < 1.29 is 14.2 Å². The molecule has 0 amide bonds. The maximum atomic E-state index is 6.20. The van der Waals surface area contributed by atoms with Crippen LogP contribution in [0.4, 0.5) is 0 Å². The van der Waals surface area contributed by atoms with Gasteiger partial charge >= 0.3 is 0 Å². The highest BCUT2D eigenvalue weighted by atomic mass is 16.5. The Morgan fingerprint density at radius 2 is 0.966 bits per heavy atom. The fraction of sp³-hybridized carbons (Fsp3) is 1.00. The smallest absolute Gasteiger partial charge is 0.0603 e. The van der Waals surface area contributed by atoms with E-state index in [1.165, 1.54) is 103 Å². The van der Waals surface area contributed by atoms with Crippen molar-refractivity contribution in [2.45, 2.75) is 167 Å². The zero-order valence-corrected chi connectivity index (χ0v) is 20.0. The second-order valence-electron chi connectivity index (χ2n) is 10.1. The van der Waals surface area contributed by atoms with Gasteiger partial charge in [0.1, 0.15) is 0 Å². The lowest BCUT2D eigenvalue weighted by Gasteiger charge is -2.33. The largest absolute Gasteiger partial charge is 0.376 e. The topological polar surface area (TPSA) is 27.7 Å². The number of hydrogen-bond donors (Lipinski definition) is 0. The van der Waals surface area contributed by atoms with Gasteiger partial charge in [-0.15, -0.1) is 0 Å². The van der Waals surface area contributed by atoms with Crippen LogP contribution < -0.4 is 0 Å². The Bertz CT molecular complexity index is 351. The van der Waals surface area contributed by atoms with Crippen LogP contribution >= 0.6 is 0 Å². The van der Waals surface area contributed by atoms with Gasteiger partial charge in [0, 0.05) is 0 Å². The summed E-state index contributed by atoms with van der Waals surface area (Å²) in [6.45, 7) is 8.87. The van der Waals surface area contributed by atoms with Crippen LogP contribution in [0.3, 0.4) is 0 Å². The number of hydrogen-bond acceptors (Lipinski definition) is 3. The Kier molecular flexibility index (Phi) is 12.8. The molecular weight excluding hydrogens is 360 g/mol.